The van der Waals surface area contributed by atoms with Gasteiger partial charge < -0.3 is 29.2 Å². The number of hydrogen-bond donors (Lipinski definition) is 1. The minimum absolute atomic E-state index is 0.112. The summed E-state index contributed by atoms with van der Waals surface area (Å²) in [5.74, 6) is -2.18. The molecule has 0 fully saturated rings. The maximum Gasteiger partial charge on any atom is 0.308 e. The van der Waals surface area contributed by atoms with Crippen molar-refractivity contribution in [2.75, 3.05) is 34.0 Å². The van der Waals surface area contributed by atoms with Gasteiger partial charge >= 0.3 is 5.97 Å². The van der Waals surface area contributed by atoms with Crippen LogP contribution in [-0.2, 0) is 23.8 Å². The van der Waals surface area contributed by atoms with Gasteiger partial charge in [0, 0.05) is 20.8 Å². The number of nitrogens with zero attached hydrogens (tertiary/aromatic N) is 1. The number of hydrogen-bond acceptors (Lipinski definition) is 7. The average molecular weight is 535 g/mol. The van der Waals surface area contributed by atoms with Crippen molar-refractivity contribution in [3.8, 4) is 5.75 Å². The molecule has 1 N–H and O–H groups in total. The summed E-state index contributed by atoms with van der Waals surface area (Å²) in [7, 11) is 2.55. The van der Waals surface area contributed by atoms with Crippen molar-refractivity contribution in [3.63, 3.8) is 0 Å². The number of ether oxygens (including phenoxy) is 4. The number of alkyl halides is 1. The monoisotopic (exact) mass is 534 g/mol. The lowest BCUT2D eigenvalue weighted by Gasteiger charge is -2.47. The number of carbonyl (C=O) groups excluding carboxylic acids is 2. The van der Waals surface area contributed by atoms with Gasteiger partial charge in [0.25, 0.3) is 0 Å². The molecule has 0 spiro atoms. The van der Waals surface area contributed by atoms with Gasteiger partial charge in [0.2, 0.25) is 11.7 Å². The van der Waals surface area contributed by atoms with E-state index in [0.717, 1.165) is 23.4 Å². The van der Waals surface area contributed by atoms with Gasteiger partial charge in [-0.05, 0) is 43.9 Å². The Kier molecular flexibility index (Phi) is 12.3. The van der Waals surface area contributed by atoms with E-state index in [2.05, 4.69) is 24.4 Å². The Balaban J connectivity index is 2.38. The van der Waals surface area contributed by atoms with Crippen LogP contribution in [0.15, 0.2) is 53.8 Å². The first-order valence-electron chi connectivity index (χ1n) is 13.2. The van der Waals surface area contributed by atoms with Crippen LogP contribution in [0, 0.1) is 5.92 Å². The second-order valence-electron chi connectivity index (χ2n) is 9.54. The lowest BCUT2D eigenvalue weighted by molar-refractivity contribution is -0.235. The summed E-state index contributed by atoms with van der Waals surface area (Å²) in [5, 5.41) is 2.84. The minimum Gasteiger partial charge on any atom is -0.485 e. The van der Waals surface area contributed by atoms with Crippen LogP contribution >= 0.6 is 0 Å². The highest BCUT2D eigenvalue weighted by Gasteiger charge is 2.46. The quantitative estimate of drug-likeness (QED) is 0.248. The van der Waals surface area contributed by atoms with Gasteiger partial charge in [0.05, 0.1) is 24.8 Å². The number of allylic oxidation sites excluding steroid dienone is 1. The van der Waals surface area contributed by atoms with E-state index in [1.165, 1.54) is 14.2 Å². The second kappa shape index (κ2) is 14.9. The molecule has 0 saturated carbocycles. The number of esters is 1. The summed E-state index contributed by atoms with van der Waals surface area (Å²) in [4.78, 5) is 28.1. The van der Waals surface area contributed by atoms with Crippen molar-refractivity contribution in [1.29, 1.82) is 0 Å². The molecule has 0 radical (unpaired) electrons. The molecule has 1 heterocycles. The number of carbonyl (C=O) groups is 2. The topological polar surface area (TPSA) is 86.3 Å². The molecule has 1 aliphatic rings. The minimum atomic E-state index is -1.84. The van der Waals surface area contributed by atoms with Crippen molar-refractivity contribution in [2.45, 2.75) is 71.4 Å². The summed E-state index contributed by atoms with van der Waals surface area (Å²) in [6, 6.07) is 7.79. The molecule has 1 amide bonds. The summed E-state index contributed by atoms with van der Waals surface area (Å²) in [6.07, 6.45) is 4.40. The molecule has 1 aromatic carbocycles. The molecule has 0 aromatic heterocycles. The number of benzene rings is 1. The smallest absolute Gasteiger partial charge is 0.308 e. The summed E-state index contributed by atoms with van der Waals surface area (Å²) in [5.41, 5.74) is 1.99. The molecular weight excluding hydrogens is 491 g/mol. The van der Waals surface area contributed by atoms with Crippen molar-refractivity contribution in [2.24, 2.45) is 5.92 Å². The number of amides is 1. The van der Waals surface area contributed by atoms with E-state index >= 15 is 0 Å². The van der Waals surface area contributed by atoms with E-state index in [0.29, 0.717) is 6.54 Å². The van der Waals surface area contributed by atoms with Gasteiger partial charge in [-0.25, -0.2) is 4.39 Å². The molecule has 1 aromatic rings. The maximum atomic E-state index is 14.2. The van der Waals surface area contributed by atoms with Crippen LogP contribution in [0.3, 0.4) is 0 Å². The molecule has 8 nitrogen and oxygen atoms in total. The Bertz CT molecular complexity index is 953. The predicted molar refractivity (Wildman–Crippen MR) is 144 cm³/mol. The van der Waals surface area contributed by atoms with Crippen molar-refractivity contribution in [3.05, 3.63) is 53.8 Å². The molecule has 9 heteroatoms. The zero-order chi connectivity index (χ0) is 28.3. The van der Waals surface area contributed by atoms with Gasteiger partial charge in [0.15, 0.2) is 0 Å². The molecule has 212 valence electrons. The highest BCUT2D eigenvalue weighted by atomic mass is 19.1. The lowest BCUT2D eigenvalue weighted by atomic mass is 9.91. The molecule has 0 aliphatic carbocycles. The number of halogens is 1. The first-order valence-corrected chi connectivity index (χ1v) is 13.2. The third-order valence-corrected chi connectivity index (χ3v) is 6.61. The Morgan fingerprint density at radius 2 is 1.79 bits per heavy atom. The Hall–Kier alpha value is -2.91. The highest BCUT2D eigenvalue weighted by Crippen LogP contribution is 2.34. The maximum absolute atomic E-state index is 14.2. The highest BCUT2D eigenvalue weighted by molar-refractivity contribution is 5.84. The fraction of sp³-hybridized carbons (Fsp3) is 0.586. The van der Waals surface area contributed by atoms with E-state index in [9.17, 15) is 14.0 Å². The van der Waals surface area contributed by atoms with Crippen molar-refractivity contribution in [1.82, 2.24) is 10.2 Å². The summed E-state index contributed by atoms with van der Waals surface area (Å²) < 4.78 is 36.1. The lowest BCUT2D eigenvalue weighted by Crippen LogP contribution is -2.62. The molecule has 1 aliphatic heterocycles. The molecule has 2 rings (SSSR count). The molecule has 2 unspecified atom stereocenters. The van der Waals surface area contributed by atoms with Crippen LogP contribution in [0.1, 0.15) is 47.5 Å². The first-order chi connectivity index (χ1) is 18.2. The van der Waals surface area contributed by atoms with Gasteiger partial charge in [0.1, 0.15) is 24.6 Å². The zero-order valence-corrected chi connectivity index (χ0v) is 23.7. The number of para-hydroxylation sites is 1. The van der Waals surface area contributed by atoms with Crippen LogP contribution in [-0.4, -0.2) is 74.8 Å². The van der Waals surface area contributed by atoms with E-state index < -0.39 is 30.5 Å². The third kappa shape index (κ3) is 7.57. The largest absolute Gasteiger partial charge is 0.485 e. The van der Waals surface area contributed by atoms with Gasteiger partial charge in [-0.1, -0.05) is 51.1 Å². The first kappa shape index (κ1) is 31.3. The van der Waals surface area contributed by atoms with Crippen molar-refractivity contribution < 1.29 is 32.9 Å². The number of rotatable bonds is 16. The van der Waals surface area contributed by atoms with E-state index in [1.54, 1.807) is 6.92 Å². The second-order valence-corrected chi connectivity index (χ2v) is 9.54. The number of nitrogens with one attached hydrogen (secondary N) is 1. The summed E-state index contributed by atoms with van der Waals surface area (Å²) >= 11 is 0. The third-order valence-electron chi connectivity index (χ3n) is 6.61. The standard InChI is InChI=1S/C29H43FN2O6/c1-8-10-14-22-18-32(27(22)21(5)38-23-15-12-11-13-16-23)26(20(3)4)28(34)31-24(17-25(33)37-9-2)29(19-30,35-6)36-7/h10-16,20-21,24,26H,8-9,17-19H2,1-7H3,(H,31,34)/b14-10-/t21-,24?,26?/m1/s1. The van der Waals surface area contributed by atoms with Gasteiger partial charge in [-0.2, -0.15) is 0 Å². The predicted octanol–water partition coefficient (Wildman–Crippen LogP) is 4.41. The zero-order valence-electron chi connectivity index (χ0n) is 23.7. The van der Waals surface area contributed by atoms with Crippen molar-refractivity contribution >= 4 is 11.9 Å². The number of methoxy groups -OCH3 is 2. The van der Waals surface area contributed by atoms with E-state index in [4.69, 9.17) is 18.9 Å². The Morgan fingerprint density at radius 1 is 1.13 bits per heavy atom. The van der Waals surface area contributed by atoms with Crippen LogP contribution in [0.25, 0.3) is 0 Å². The van der Waals surface area contributed by atoms with E-state index in [-0.39, 0.29) is 31.0 Å². The summed E-state index contributed by atoms with van der Waals surface area (Å²) in [6.45, 7) is 9.22. The Morgan fingerprint density at radius 3 is 2.32 bits per heavy atom. The van der Waals surface area contributed by atoms with Crippen LogP contribution in [0.5, 0.6) is 5.75 Å². The van der Waals surface area contributed by atoms with Crippen LogP contribution < -0.4 is 10.1 Å². The van der Waals surface area contributed by atoms with E-state index in [1.807, 2.05) is 56.0 Å². The van der Waals surface area contributed by atoms with Crippen LogP contribution in [0.4, 0.5) is 4.39 Å². The molecular formula is C29H43FN2O6. The average Bonchev–Trinajstić information content (AvgIpc) is 2.87. The fourth-order valence-corrected chi connectivity index (χ4v) is 4.68. The molecule has 3 atom stereocenters. The van der Waals surface area contributed by atoms with Gasteiger partial charge in [-0.3, -0.25) is 9.59 Å². The van der Waals surface area contributed by atoms with Gasteiger partial charge in [-0.15, -0.1) is 0 Å². The SMILES string of the molecule is CC/C=C\C1=C([C@@H](C)Oc2ccccc2)N(C(C(=O)NC(CC(=O)OCC)C(CF)(OC)OC)C(C)C)C1. The normalized spacial score (nSPS) is 16.3. The fourth-order valence-electron chi connectivity index (χ4n) is 4.68. The molecule has 0 saturated heterocycles. The van der Waals surface area contributed by atoms with Crippen LogP contribution in [0.2, 0.25) is 0 Å². The molecule has 38 heavy (non-hydrogen) atoms. The Labute approximate surface area is 226 Å². The molecule has 0 bridgehead atoms.